The minimum atomic E-state index is -0.423. The number of ether oxygens (including phenoxy) is 1. The van der Waals surface area contributed by atoms with Crippen molar-refractivity contribution in [1.82, 2.24) is 15.1 Å². The number of nitrogens with zero attached hydrogens (tertiary/aromatic N) is 2. The molecule has 0 saturated carbocycles. The third-order valence-electron chi connectivity index (χ3n) is 5.34. The van der Waals surface area contributed by atoms with Gasteiger partial charge in [0.15, 0.2) is 0 Å². The van der Waals surface area contributed by atoms with E-state index in [-0.39, 0.29) is 18.5 Å². The second-order valence-corrected chi connectivity index (χ2v) is 7.12. The maximum absolute atomic E-state index is 12.6. The number of hydrogen-bond donors (Lipinski definition) is 1. The molecule has 2 aromatic rings. The van der Waals surface area contributed by atoms with Crippen LogP contribution in [-0.2, 0) is 9.53 Å². The molecule has 1 atom stereocenters. The van der Waals surface area contributed by atoms with Crippen LogP contribution in [0.2, 0.25) is 0 Å². The Bertz CT molecular complexity index is 874. The Balaban J connectivity index is 1.41. The van der Waals surface area contributed by atoms with Crippen molar-refractivity contribution in [2.75, 3.05) is 39.4 Å². The molecule has 2 heterocycles. The van der Waals surface area contributed by atoms with E-state index in [0.717, 1.165) is 23.6 Å². The Morgan fingerprint density at radius 1 is 0.931 bits per heavy atom. The second kappa shape index (κ2) is 8.55. The number of amides is 3. The largest absolute Gasteiger partial charge is 0.379 e. The van der Waals surface area contributed by atoms with Gasteiger partial charge in [-0.05, 0) is 17.7 Å². The number of morpholine rings is 1. The molecule has 0 spiro atoms. The molecule has 7 nitrogen and oxygen atoms in total. The quantitative estimate of drug-likeness (QED) is 0.752. The summed E-state index contributed by atoms with van der Waals surface area (Å²) in [6.07, 6.45) is 0. The number of fused-ring (bicyclic) bond motifs is 1. The Morgan fingerprint density at radius 3 is 2.14 bits per heavy atom. The van der Waals surface area contributed by atoms with Crippen molar-refractivity contribution < 1.29 is 19.1 Å². The molecule has 3 amide bonds. The van der Waals surface area contributed by atoms with Crippen molar-refractivity contribution in [3.8, 4) is 0 Å². The molecule has 0 aromatic heterocycles. The standard InChI is InChI=1S/C22H23N3O4/c26-20(15-25-21(27)17-8-4-5-9-18(17)22(25)28)23-14-19(16-6-2-1-3-7-16)24-10-12-29-13-11-24/h1-9,19H,10-15H2,(H,23,26)/t19-/m1/s1. The van der Waals surface area contributed by atoms with E-state index in [2.05, 4.69) is 10.2 Å². The molecule has 0 bridgehead atoms. The lowest BCUT2D eigenvalue weighted by Crippen LogP contribution is -2.46. The van der Waals surface area contributed by atoms with Gasteiger partial charge in [-0.25, -0.2) is 0 Å². The lowest BCUT2D eigenvalue weighted by Gasteiger charge is -2.35. The first-order chi connectivity index (χ1) is 14.1. The molecule has 2 aliphatic rings. The van der Waals surface area contributed by atoms with Gasteiger partial charge in [-0.15, -0.1) is 0 Å². The van der Waals surface area contributed by atoms with Gasteiger partial charge in [0.1, 0.15) is 6.54 Å². The lowest BCUT2D eigenvalue weighted by molar-refractivity contribution is -0.121. The van der Waals surface area contributed by atoms with Crippen molar-refractivity contribution in [2.45, 2.75) is 6.04 Å². The molecule has 150 valence electrons. The van der Waals surface area contributed by atoms with Gasteiger partial charge in [0.05, 0.1) is 30.4 Å². The van der Waals surface area contributed by atoms with Crippen LogP contribution in [0.1, 0.15) is 32.3 Å². The molecule has 0 aliphatic carbocycles. The number of carbonyl (C=O) groups is 3. The highest BCUT2D eigenvalue weighted by molar-refractivity contribution is 6.22. The molecule has 1 fully saturated rings. The molecule has 29 heavy (non-hydrogen) atoms. The molecule has 1 saturated heterocycles. The minimum Gasteiger partial charge on any atom is -0.379 e. The summed E-state index contributed by atoms with van der Waals surface area (Å²) in [6.45, 7) is 3.00. The minimum absolute atomic E-state index is 0.00577. The van der Waals surface area contributed by atoms with Gasteiger partial charge in [-0.3, -0.25) is 24.2 Å². The van der Waals surface area contributed by atoms with Crippen LogP contribution in [0.3, 0.4) is 0 Å². The van der Waals surface area contributed by atoms with Crippen molar-refractivity contribution >= 4 is 17.7 Å². The summed E-state index contributed by atoms with van der Waals surface area (Å²) >= 11 is 0. The number of hydrogen-bond acceptors (Lipinski definition) is 5. The van der Waals surface area contributed by atoms with Crippen LogP contribution in [0.5, 0.6) is 0 Å². The third kappa shape index (κ3) is 4.06. The maximum Gasteiger partial charge on any atom is 0.262 e. The predicted molar refractivity (Wildman–Crippen MR) is 106 cm³/mol. The van der Waals surface area contributed by atoms with Gasteiger partial charge in [0, 0.05) is 19.6 Å². The summed E-state index contributed by atoms with van der Waals surface area (Å²) in [5.74, 6) is -1.20. The van der Waals surface area contributed by atoms with Crippen molar-refractivity contribution in [2.24, 2.45) is 0 Å². The van der Waals surface area contributed by atoms with Gasteiger partial charge in [0.2, 0.25) is 5.91 Å². The summed E-state index contributed by atoms with van der Waals surface area (Å²) < 4.78 is 5.44. The van der Waals surface area contributed by atoms with Crippen LogP contribution in [0.4, 0.5) is 0 Å². The highest BCUT2D eigenvalue weighted by atomic mass is 16.5. The number of imide groups is 1. The second-order valence-electron chi connectivity index (χ2n) is 7.12. The Morgan fingerprint density at radius 2 is 1.52 bits per heavy atom. The van der Waals surface area contributed by atoms with E-state index in [4.69, 9.17) is 4.74 Å². The zero-order valence-corrected chi connectivity index (χ0v) is 16.0. The number of carbonyl (C=O) groups excluding carboxylic acids is 3. The molecular formula is C22H23N3O4. The van der Waals surface area contributed by atoms with Gasteiger partial charge in [0.25, 0.3) is 11.8 Å². The third-order valence-corrected chi connectivity index (χ3v) is 5.34. The smallest absolute Gasteiger partial charge is 0.262 e. The summed E-state index contributed by atoms with van der Waals surface area (Å²) in [5, 5.41) is 2.91. The van der Waals surface area contributed by atoms with Gasteiger partial charge in [-0.2, -0.15) is 0 Å². The number of benzene rings is 2. The van der Waals surface area contributed by atoms with Crippen molar-refractivity contribution in [1.29, 1.82) is 0 Å². The van der Waals surface area contributed by atoms with E-state index in [0.29, 0.717) is 30.9 Å². The molecule has 7 heteroatoms. The van der Waals surface area contributed by atoms with Gasteiger partial charge < -0.3 is 10.1 Å². The van der Waals surface area contributed by atoms with Gasteiger partial charge in [-0.1, -0.05) is 42.5 Å². The van der Waals surface area contributed by atoms with Crippen LogP contribution >= 0.6 is 0 Å². The van der Waals surface area contributed by atoms with Crippen LogP contribution < -0.4 is 5.32 Å². The fraction of sp³-hybridized carbons (Fsp3) is 0.318. The molecular weight excluding hydrogens is 370 g/mol. The fourth-order valence-corrected chi connectivity index (χ4v) is 3.81. The van der Waals surface area contributed by atoms with Crippen LogP contribution in [0.15, 0.2) is 54.6 Å². The van der Waals surface area contributed by atoms with Crippen LogP contribution in [-0.4, -0.2) is 66.9 Å². The average molecular weight is 393 g/mol. The first kappa shape index (κ1) is 19.3. The molecule has 0 unspecified atom stereocenters. The topological polar surface area (TPSA) is 79.0 Å². The monoisotopic (exact) mass is 393 g/mol. The fourth-order valence-electron chi connectivity index (χ4n) is 3.81. The first-order valence-electron chi connectivity index (χ1n) is 9.74. The molecule has 4 rings (SSSR count). The molecule has 1 N–H and O–H groups in total. The number of rotatable bonds is 6. The van der Waals surface area contributed by atoms with E-state index in [1.807, 2.05) is 30.3 Å². The summed E-state index contributed by atoms with van der Waals surface area (Å²) in [6, 6.07) is 16.6. The first-order valence-corrected chi connectivity index (χ1v) is 9.74. The average Bonchev–Trinajstić information content (AvgIpc) is 3.00. The normalized spacial score (nSPS) is 17.9. The predicted octanol–water partition coefficient (Wildman–Crippen LogP) is 1.47. The highest BCUT2D eigenvalue weighted by Gasteiger charge is 2.36. The van der Waals surface area contributed by atoms with Gasteiger partial charge >= 0.3 is 0 Å². The Labute approximate surface area is 169 Å². The zero-order valence-electron chi connectivity index (χ0n) is 16.0. The van der Waals surface area contributed by atoms with E-state index in [1.54, 1.807) is 24.3 Å². The molecule has 0 radical (unpaired) electrons. The summed E-state index contributed by atoms with van der Waals surface area (Å²) in [5.41, 5.74) is 1.80. The maximum atomic E-state index is 12.6. The van der Waals surface area contributed by atoms with Crippen molar-refractivity contribution in [3.63, 3.8) is 0 Å². The zero-order chi connectivity index (χ0) is 20.2. The highest BCUT2D eigenvalue weighted by Crippen LogP contribution is 2.23. The molecule has 2 aromatic carbocycles. The van der Waals surface area contributed by atoms with E-state index in [1.165, 1.54) is 0 Å². The van der Waals surface area contributed by atoms with Crippen molar-refractivity contribution in [3.05, 3.63) is 71.3 Å². The molecule has 2 aliphatic heterocycles. The Kier molecular flexibility index (Phi) is 5.69. The van der Waals surface area contributed by atoms with Crippen LogP contribution in [0.25, 0.3) is 0 Å². The van der Waals surface area contributed by atoms with E-state index >= 15 is 0 Å². The SMILES string of the molecule is O=C(CN1C(=O)c2ccccc2C1=O)NC[C@H](c1ccccc1)N1CCOCC1. The summed E-state index contributed by atoms with van der Waals surface area (Å²) in [4.78, 5) is 40.7. The lowest BCUT2D eigenvalue weighted by atomic mass is 10.0. The Hall–Kier alpha value is -3.03. The van der Waals surface area contributed by atoms with E-state index < -0.39 is 11.8 Å². The number of nitrogens with one attached hydrogen (secondary N) is 1. The summed E-state index contributed by atoms with van der Waals surface area (Å²) in [7, 11) is 0. The van der Waals surface area contributed by atoms with Crippen LogP contribution in [0, 0.1) is 0 Å². The van der Waals surface area contributed by atoms with E-state index in [9.17, 15) is 14.4 Å².